The van der Waals surface area contributed by atoms with Crippen LogP contribution < -0.4 is 0 Å². The molecule has 0 aliphatic heterocycles. The predicted octanol–water partition coefficient (Wildman–Crippen LogP) is 0.561. The molecule has 0 aromatic rings. The monoisotopic (exact) mass is 129 g/mol. The van der Waals surface area contributed by atoms with E-state index in [4.69, 9.17) is 14.7 Å². The first-order valence-electron chi connectivity index (χ1n) is 2.73. The van der Waals surface area contributed by atoms with Crippen LogP contribution in [0.2, 0.25) is 0 Å². The fourth-order valence-electron chi connectivity index (χ4n) is 0.498. The van der Waals surface area contributed by atoms with E-state index in [1.165, 1.54) is 0 Å². The molecule has 0 bridgehead atoms. The normalized spacial score (nSPS) is 12.6. The molecule has 0 aliphatic rings. The zero-order valence-corrected chi connectivity index (χ0v) is 5.76. The number of hydrogen-bond acceptors (Lipinski definition) is 3. The summed E-state index contributed by atoms with van der Waals surface area (Å²) in [6.45, 7) is 0.490. The number of hydrogen-bond donors (Lipinski definition) is 0. The van der Waals surface area contributed by atoms with Crippen molar-refractivity contribution in [3.05, 3.63) is 0 Å². The van der Waals surface area contributed by atoms with Crippen molar-refractivity contribution in [2.45, 2.75) is 12.5 Å². The highest BCUT2D eigenvalue weighted by Crippen LogP contribution is 1.94. The van der Waals surface area contributed by atoms with Gasteiger partial charge in [-0.15, -0.1) is 0 Å². The number of rotatable bonds is 4. The molecule has 52 valence electrons. The van der Waals surface area contributed by atoms with E-state index in [9.17, 15) is 0 Å². The van der Waals surface area contributed by atoms with Crippen LogP contribution in [0.3, 0.4) is 0 Å². The first-order chi connectivity index (χ1) is 4.35. The van der Waals surface area contributed by atoms with E-state index in [0.29, 0.717) is 13.0 Å². The summed E-state index contributed by atoms with van der Waals surface area (Å²) >= 11 is 0. The van der Waals surface area contributed by atoms with E-state index in [2.05, 4.69) is 0 Å². The Bertz CT molecular complexity index is 97.7. The molecule has 0 aromatic carbocycles. The molecular weight excluding hydrogens is 118 g/mol. The van der Waals surface area contributed by atoms with Gasteiger partial charge in [0.2, 0.25) is 0 Å². The molecule has 1 unspecified atom stereocenters. The number of nitrogens with zero attached hydrogens (tertiary/aromatic N) is 1. The molecule has 0 rings (SSSR count). The minimum absolute atomic E-state index is 0.0694. The SMILES string of the molecule is COCC(CC#N)OC. The van der Waals surface area contributed by atoms with Crippen molar-refractivity contribution in [2.75, 3.05) is 20.8 Å². The van der Waals surface area contributed by atoms with E-state index in [1.807, 2.05) is 6.07 Å². The molecular formula is C6H11NO2. The molecule has 0 heterocycles. The van der Waals surface area contributed by atoms with Crippen molar-refractivity contribution in [3.63, 3.8) is 0 Å². The van der Waals surface area contributed by atoms with Gasteiger partial charge in [0.05, 0.1) is 25.2 Å². The second-order valence-electron chi connectivity index (χ2n) is 1.68. The lowest BCUT2D eigenvalue weighted by molar-refractivity contribution is 0.0315. The summed E-state index contributed by atoms with van der Waals surface area (Å²) in [7, 11) is 3.16. The van der Waals surface area contributed by atoms with Crippen LogP contribution in [0, 0.1) is 11.3 Å². The third-order valence-corrected chi connectivity index (χ3v) is 1.00. The van der Waals surface area contributed by atoms with Crippen LogP contribution in [0.25, 0.3) is 0 Å². The molecule has 3 nitrogen and oxygen atoms in total. The van der Waals surface area contributed by atoms with Gasteiger partial charge >= 0.3 is 0 Å². The first kappa shape index (κ1) is 8.41. The lowest BCUT2D eigenvalue weighted by atomic mass is 10.3. The fraction of sp³-hybridized carbons (Fsp3) is 0.833. The number of ether oxygens (including phenoxy) is 2. The lowest BCUT2D eigenvalue weighted by Gasteiger charge is -2.08. The average Bonchev–Trinajstić information content (AvgIpc) is 1.88. The molecule has 0 spiro atoms. The van der Waals surface area contributed by atoms with Gasteiger partial charge in [0.15, 0.2) is 0 Å². The van der Waals surface area contributed by atoms with Gasteiger partial charge in [0.25, 0.3) is 0 Å². The maximum Gasteiger partial charge on any atom is 0.0934 e. The summed E-state index contributed by atoms with van der Waals surface area (Å²) in [6.07, 6.45) is 0.324. The molecule has 0 saturated heterocycles. The summed E-state index contributed by atoms with van der Waals surface area (Å²) in [4.78, 5) is 0. The molecule has 0 saturated carbocycles. The summed E-state index contributed by atoms with van der Waals surface area (Å²) in [5, 5.41) is 8.21. The third-order valence-electron chi connectivity index (χ3n) is 1.00. The Morgan fingerprint density at radius 3 is 2.56 bits per heavy atom. The van der Waals surface area contributed by atoms with Crippen LogP contribution in [0.15, 0.2) is 0 Å². The Balaban J connectivity index is 3.32. The summed E-state index contributed by atoms with van der Waals surface area (Å²) in [6, 6.07) is 2.00. The Morgan fingerprint density at radius 1 is 1.56 bits per heavy atom. The highest BCUT2D eigenvalue weighted by atomic mass is 16.5. The quantitative estimate of drug-likeness (QED) is 0.557. The molecule has 3 heteroatoms. The van der Waals surface area contributed by atoms with Crippen molar-refractivity contribution in [1.82, 2.24) is 0 Å². The van der Waals surface area contributed by atoms with Gasteiger partial charge in [-0.2, -0.15) is 5.26 Å². The van der Waals surface area contributed by atoms with Crippen molar-refractivity contribution < 1.29 is 9.47 Å². The van der Waals surface area contributed by atoms with Gasteiger partial charge in [-0.25, -0.2) is 0 Å². The van der Waals surface area contributed by atoms with Crippen molar-refractivity contribution >= 4 is 0 Å². The standard InChI is InChI=1S/C6H11NO2/c1-8-5-6(9-2)3-4-7/h6H,3,5H2,1-2H3. The third kappa shape index (κ3) is 3.95. The molecule has 1 atom stereocenters. The number of methoxy groups -OCH3 is 2. The number of nitriles is 1. The molecule has 0 aliphatic carbocycles. The van der Waals surface area contributed by atoms with Crippen LogP contribution in [-0.2, 0) is 9.47 Å². The van der Waals surface area contributed by atoms with E-state index in [1.54, 1.807) is 14.2 Å². The van der Waals surface area contributed by atoms with Crippen molar-refractivity contribution in [2.24, 2.45) is 0 Å². The van der Waals surface area contributed by atoms with Gasteiger partial charge in [-0.3, -0.25) is 0 Å². The second kappa shape index (κ2) is 5.54. The van der Waals surface area contributed by atoms with Gasteiger partial charge in [0, 0.05) is 14.2 Å². The van der Waals surface area contributed by atoms with Gasteiger partial charge in [-0.05, 0) is 0 Å². The topological polar surface area (TPSA) is 42.2 Å². The minimum atomic E-state index is -0.0694. The van der Waals surface area contributed by atoms with E-state index < -0.39 is 0 Å². The van der Waals surface area contributed by atoms with Crippen molar-refractivity contribution in [1.29, 1.82) is 5.26 Å². The van der Waals surface area contributed by atoms with Gasteiger partial charge in [0.1, 0.15) is 0 Å². The second-order valence-corrected chi connectivity index (χ2v) is 1.68. The molecule has 0 fully saturated rings. The molecule has 9 heavy (non-hydrogen) atoms. The van der Waals surface area contributed by atoms with Crippen LogP contribution in [0.4, 0.5) is 0 Å². The largest absolute Gasteiger partial charge is 0.382 e. The Kier molecular flexibility index (Phi) is 5.18. The zero-order chi connectivity index (χ0) is 7.11. The fourth-order valence-corrected chi connectivity index (χ4v) is 0.498. The zero-order valence-electron chi connectivity index (χ0n) is 5.76. The predicted molar refractivity (Wildman–Crippen MR) is 32.9 cm³/mol. The van der Waals surface area contributed by atoms with Gasteiger partial charge < -0.3 is 9.47 Å². The Hall–Kier alpha value is -0.590. The van der Waals surface area contributed by atoms with Crippen LogP contribution in [-0.4, -0.2) is 26.9 Å². The maximum atomic E-state index is 8.21. The molecule has 0 aromatic heterocycles. The lowest BCUT2D eigenvalue weighted by Crippen LogP contribution is -2.15. The highest BCUT2D eigenvalue weighted by Gasteiger charge is 2.03. The molecule has 0 radical (unpaired) electrons. The van der Waals surface area contributed by atoms with Crippen molar-refractivity contribution in [3.8, 4) is 6.07 Å². The van der Waals surface area contributed by atoms with E-state index in [0.717, 1.165) is 0 Å². The van der Waals surface area contributed by atoms with Crippen LogP contribution in [0.1, 0.15) is 6.42 Å². The maximum absolute atomic E-state index is 8.21. The summed E-state index contributed by atoms with van der Waals surface area (Å²) < 4.78 is 9.65. The molecule has 0 amide bonds. The van der Waals surface area contributed by atoms with Gasteiger partial charge in [-0.1, -0.05) is 0 Å². The van der Waals surface area contributed by atoms with Crippen LogP contribution >= 0.6 is 0 Å². The summed E-state index contributed by atoms with van der Waals surface area (Å²) in [5.41, 5.74) is 0. The van der Waals surface area contributed by atoms with E-state index in [-0.39, 0.29) is 6.10 Å². The Labute approximate surface area is 55.2 Å². The summed E-state index contributed by atoms with van der Waals surface area (Å²) in [5.74, 6) is 0. The first-order valence-corrected chi connectivity index (χ1v) is 2.73. The average molecular weight is 129 g/mol. The highest BCUT2D eigenvalue weighted by molar-refractivity contribution is 4.75. The smallest absolute Gasteiger partial charge is 0.0934 e. The molecule has 0 N–H and O–H groups in total. The van der Waals surface area contributed by atoms with Crippen LogP contribution in [0.5, 0.6) is 0 Å². The van der Waals surface area contributed by atoms with E-state index >= 15 is 0 Å². The Morgan fingerprint density at radius 2 is 2.22 bits per heavy atom. The minimum Gasteiger partial charge on any atom is -0.382 e.